The topological polar surface area (TPSA) is 95.6 Å². The number of benzene rings is 1. The van der Waals surface area contributed by atoms with Gasteiger partial charge in [0.25, 0.3) is 0 Å². The van der Waals surface area contributed by atoms with Crippen LogP contribution < -0.4 is 0 Å². The smallest absolute Gasteiger partial charge is 0.230 e. The first-order valence-electron chi connectivity index (χ1n) is 13.0. The zero-order chi connectivity index (χ0) is 28.2. The van der Waals surface area contributed by atoms with E-state index in [1.165, 1.54) is 41.5 Å². The van der Waals surface area contributed by atoms with Crippen molar-refractivity contribution in [3.63, 3.8) is 0 Å². The van der Waals surface area contributed by atoms with Gasteiger partial charge in [0.1, 0.15) is 23.7 Å². The Labute approximate surface area is 230 Å². The van der Waals surface area contributed by atoms with Crippen LogP contribution in [-0.2, 0) is 23.0 Å². The second kappa shape index (κ2) is 9.58. The average molecular weight is 563 g/mol. The summed E-state index contributed by atoms with van der Waals surface area (Å²) in [4.78, 5) is 22.7. The number of Topliss-reactive ketones (excluding diaryl/α,β-unsaturated/α-hetero) is 1. The number of halogens is 2. The minimum Gasteiger partial charge on any atom is -0.291 e. The van der Waals surface area contributed by atoms with Gasteiger partial charge >= 0.3 is 0 Å². The summed E-state index contributed by atoms with van der Waals surface area (Å²) in [6.07, 6.45) is 8.45. The SMILES string of the molecule is C=S(=O)(c1ncn(C)n1)[C@H](C)[C@H]1CCC2=Cc3c(cnn3-c3ccc(F)cc3)C[C@]2(C(=O)c2cc(F)ccn2)C1. The molecule has 4 aromatic rings. The quantitative estimate of drug-likeness (QED) is 0.255. The Morgan fingerprint density at radius 2 is 1.95 bits per heavy atom. The van der Waals surface area contributed by atoms with Crippen LogP contribution in [0.5, 0.6) is 0 Å². The maximum atomic E-state index is 14.3. The number of hydrogen-bond acceptors (Lipinski definition) is 6. The molecule has 11 heteroatoms. The lowest BCUT2D eigenvalue weighted by atomic mass is 9.58. The normalized spacial score (nSPS) is 22.5. The summed E-state index contributed by atoms with van der Waals surface area (Å²) in [5.41, 5.74) is 2.29. The van der Waals surface area contributed by atoms with Crippen molar-refractivity contribution in [3.05, 3.63) is 89.3 Å². The predicted octanol–water partition coefficient (Wildman–Crippen LogP) is 4.45. The molecule has 0 amide bonds. The van der Waals surface area contributed by atoms with Crippen molar-refractivity contribution in [2.45, 2.75) is 43.0 Å². The van der Waals surface area contributed by atoms with Crippen LogP contribution in [0.3, 0.4) is 0 Å². The molecular weight excluding hydrogens is 534 g/mol. The van der Waals surface area contributed by atoms with Crippen molar-refractivity contribution < 1.29 is 17.8 Å². The molecule has 6 rings (SSSR count). The number of carbonyl (C=O) groups excluding carboxylic acids is 1. The zero-order valence-electron chi connectivity index (χ0n) is 22.1. The molecule has 0 bridgehead atoms. The van der Waals surface area contributed by atoms with Gasteiger partial charge in [-0.15, -0.1) is 5.10 Å². The molecule has 8 nitrogen and oxygen atoms in total. The predicted molar refractivity (Wildman–Crippen MR) is 147 cm³/mol. The molecule has 0 N–H and O–H groups in total. The van der Waals surface area contributed by atoms with Crippen molar-refractivity contribution in [1.29, 1.82) is 0 Å². The molecule has 0 aliphatic heterocycles. The first kappa shape index (κ1) is 26.2. The minimum atomic E-state index is -2.87. The largest absolute Gasteiger partial charge is 0.291 e. The number of ketones is 1. The third kappa shape index (κ3) is 4.28. The van der Waals surface area contributed by atoms with E-state index in [9.17, 15) is 17.8 Å². The van der Waals surface area contributed by atoms with Crippen LogP contribution in [0.1, 0.15) is 47.9 Å². The van der Waals surface area contributed by atoms with Crippen LogP contribution >= 0.6 is 0 Å². The first-order chi connectivity index (χ1) is 19.1. The van der Waals surface area contributed by atoms with E-state index in [1.807, 2.05) is 13.0 Å². The summed E-state index contributed by atoms with van der Waals surface area (Å²) >= 11 is 0. The van der Waals surface area contributed by atoms with E-state index in [0.717, 1.165) is 16.8 Å². The highest BCUT2D eigenvalue weighted by Crippen LogP contribution is 2.53. The summed E-state index contributed by atoms with van der Waals surface area (Å²) in [5, 5.41) is 8.60. The molecule has 2 aliphatic rings. The number of hydrogen-bond donors (Lipinski definition) is 0. The Morgan fingerprint density at radius 1 is 1.18 bits per heavy atom. The second-order valence-electron chi connectivity index (χ2n) is 10.7. The number of pyridine rings is 1. The molecule has 1 unspecified atom stereocenters. The summed E-state index contributed by atoms with van der Waals surface area (Å²) in [6.45, 7) is 1.88. The molecule has 1 fully saturated rings. The lowest BCUT2D eigenvalue weighted by Gasteiger charge is -2.45. The van der Waals surface area contributed by atoms with E-state index in [1.54, 1.807) is 30.1 Å². The maximum absolute atomic E-state index is 14.3. The van der Waals surface area contributed by atoms with Crippen LogP contribution in [0.25, 0.3) is 11.8 Å². The van der Waals surface area contributed by atoms with Crippen LogP contribution in [0, 0.1) is 23.0 Å². The van der Waals surface area contributed by atoms with E-state index >= 15 is 0 Å². The number of rotatable bonds is 6. The van der Waals surface area contributed by atoms with Gasteiger partial charge in [0.2, 0.25) is 5.16 Å². The highest BCUT2D eigenvalue weighted by atomic mass is 32.2. The van der Waals surface area contributed by atoms with Crippen molar-refractivity contribution in [3.8, 4) is 5.69 Å². The average Bonchev–Trinajstić information content (AvgIpc) is 3.57. The molecule has 1 aromatic carbocycles. The number of nitrogens with zero attached hydrogens (tertiary/aromatic N) is 6. The molecular formula is C29H28F2N6O2S. The molecule has 0 saturated heterocycles. The van der Waals surface area contributed by atoms with E-state index in [4.69, 9.17) is 0 Å². The van der Waals surface area contributed by atoms with Crippen molar-refractivity contribution in [2.75, 3.05) is 0 Å². The van der Waals surface area contributed by atoms with Gasteiger partial charge in [0.15, 0.2) is 5.78 Å². The summed E-state index contributed by atoms with van der Waals surface area (Å²) in [6, 6.07) is 8.44. The van der Waals surface area contributed by atoms with E-state index in [-0.39, 0.29) is 28.4 Å². The minimum absolute atomic E-state index is 0.0512. The lowest BCUT2D eigenvalue weighted by Crippen LogP contribution is -2.45. The number of fused-ring (bicyclic) bond motifs is 2. The Hall–Kier alpha value is -3.99. The van der Waals surface area contributed by atoms with Crippen molar-refractivity contribution in [1.82, 2.24) is 29.5 Å². The first-order valence-corrected chi connectivity index (χ1v) is 14.8. The van der Waals surface area contributed by atoms with Gasteiger partial charge < -0.3 is 0 Å². The molecule has 40 heavy (non-hydrogen) atoms. The Balaban J connectivity index is 1.43. The number of carbonyl (C=O) groups is 1. The fraction of sp³-hybridized carbons (Fsp3) is 0.310. The summed E-state index contributed by atoms with van der Waals surface area (Å²) < 4.78 is 44.9. The molecule has 2 aliphatic carbocycles. The van der Waals surface area contributed by atoms with Gasteiger partial charge in [-0.2, -0.15) is 5.10 Å². The maximum Gasteiger partial charge on any atom is 0.230 e. The van der Waals surface area contributed by atoms with Gasteiger partial charge in [-0.05, 0) is 79.4 Å². The number of aryl methyl sites for hydroxylation is 1. The van der Waals surface area contributed by atoms with Crippen LogP contribution in [-0.4, -0.2) is 50.6 Å². The van der Waals surface area contributed by atoms with Gasteiger partial charge in [-0.3, -0.25) is 18.7 Å². The number of aromatic nitrogens is 6. The van der Waals surface area contributed by atoms with Crippen LogP contribution in [0.2, 0.25) is 0 Å². The van der Waals surface area contributed by atoms with Gasteiger partial charge in [0.05, 0.1) is 23.0 Å². The van der Waals surface area contributed by atoms with Crippen molar-refractivity contribution >= 4 is 27.3 Å². The Bertz CT molecular complexity index is 1760. The Morgan fingerprint density at radius 3 is 2.65 bits per heavy atom. The van der Waals surface area contributed by atoms with Crippen molar-refractivity contribution in [2.24, 2.45) is 18.4 Å². The molecule has 3 heterocycles. The van der Waals surface area contributed by atoms with E-state index in [2.05, 4.69) is 26.0 Å². The standard InChI is InChI=1S/C29H28F2N6O2S/c1-18(40(3,39)28-33-17-36(2)35-28)19-4-5-21-12-26-20(16-34-37(26)24-8-6-22(30)7-9-24)15-29(21,14-19)27(38)25-13-23(31)10-11-32-25/h6-13,16-19H,3-5,14-15H2,1-2H3/t18-,19+,29-,40?/m1/s1. The second-order valence-corrected chi connectivity index (χ2v) is 13.3. The monoisotopic (exact) mass is 562 g/mol. The molecule has 0 spiro atoms. The fourth-order valence-corrected chi connectivity index (χ4v) is 7.74. The van der Waals surface area contributed by atoms with Crippen LogP contribution in [0.15, 0.2) is 65.8 Å². The van der Waals surface area contributed by atoms with Gasteiger partial charge in [0, 0.05) is 34.1 Å². The summed E-state index contributed by atoms with van der Waals surface area (Å²) in [7, 11) is -1.16. The molecule has 3 aromatic heterocycles. The fourth-order valence-electron chi connectivity index (χ4n) is 6.07. The number of allylic oxidation sites excluding steroid dienone is 1. The Kier molecular flexibility index (Phi) is 6.29. The third-order valence-corrected chi connectivity index (χ3v) is 10.7. The molecule has 1 saturated carbocycles. The van der Waals surface area contributed by atoms with Gasteiger partial charge in [-0.25, -0.2) is 18.4 Å². The molecule has 4 atom stereocenters. The van der Waals surface area contributed by atoms with Gasteiger partial charge in [-0.1, -0.05) is 12.5 Å². The zero-order valence-corrected chi connectivity index (χ0v) is 22.9. The lowest BCUT2D eigenvalue weighted by molar-refractivity contribution is 0.0753. The van der Waals surface area contributed by atoms with E-state index in [0.29, 0.717) is 31.4 Å². The third-order valence-electron chi connectivity index (χ3n) is 8.31. The van der Waals surface area contributed by atoms with E-state index < -0.39 is 26.0 Å². The molecule has 0 radical (unpaired) electrons. The highest BCUT2D eigenvalue weighted by Gasteiger charge is 2.51. The summed E-state index contributed by atoms with van der Waals surface area (Å²) in [5.74, 6) is 2.74. The highest BCUT2D eigenvalue weighted by molar-refractivity contribution is 8.00. The van der Waals surface area contributed by atoms with Crippen LogP contribution in [0.4, 0.5) is 8.78 Å². The molecule has 206 valence electrons.